The first-order valence-electron chi connectivity index (χ1n) is 5.64. The average molecular weight is 215 g/mol. The summed E-state index contributed by atoms with van der Waals surface area (Å²) in [6.45, 7) is 8.52. The van der Waals surface area contributed by atoms with Crippen molar-refractivity contribution in [1.29, 1.82) is 0 Å². The van der Waals surface area contributed by atoms with Gasteiger partial charge in [-0.1, -0.05) is 27.7 Å². The molecule has 3 heteroatoms. The molecule has 0 aliphatic heterocycles. The van der Waals surface area contributed by atoms with E-state index in [2.05, 4.69) is 32.9 Å². The van der Waals surface area contributed by atoms with Crippen LogP contribution in [0.25, 0.3) is 0 Å². The number of carbonyl (C=O) groups is 1. The van der Waals surface area contributed by atoms with E-state index in [-0.39, 0.29) is 0 Å². The van der Waals surface area contributed by atoms with Crippen molar-refractivity contribution in [1.82, 2.24) is 0 Å². The molecule has 0 bridgehead atoms. The van der Waals surface area contributed by atoms with E-state index in [9.17, 15) is 4.79 Å². The summed E-state index contributed by atoms with van der Waals surface area (Å²) in [5.74, 6) is 1.37. The molecule has 0 spiro atoms. The predicted molar refractivity (Wildman–Crippen MR) is 64.5 cm³/mol. The Morgan fingerprint density at radius 2 is 1.53 bits per heavy atom. The largest absolute Gasteiger partial charge is 0.411 e. The van der Waals surface area contributed by atoms with Crippen LogP contribution in [0.2, 0.25) is 0 Å². The van der Waals surface area contributed by atoms with Crippen LogP contribution in [0.1, 0.15) is 53.4 Å². The van der Waals surface area contributed by atoms with Crippen molar-refractivity contribution in [2.45, 2.75) is 53.4 Å². The SMILES string of the molecule is CC(C)CC/C=N/O.CC(C)CCC=O. The minimum absolute atomic E-state index is 0.671. The highest BCUT2D eigenvalue weighted by molar-refractivity contribution is 5.55. The van der Waals surface area contributed by atoms with Gasteiger partial charge in [0.25, 0.3) is 0 Å². The van der Waals surface area contributed by atoms with E-state index in [0.29, 0.717) is 11.8 Å². The molecule has 15 heavy (non-hydrogen) atoms. The second kappa shape index (κ2) is 13.1. The summed E-state index contributed by atoms with van der Waals surface area (Å²) in [5.41, 5.74) is 0. The Hall–Kier alpha value is -0.860. The molecule has 0 heterocycles. The van der Waals surface area contributed by atoms with Gasteiger partial charge in [0.15, 0.2) is 0 Å². The third-order valence-corrected chi connectivity index (χ3v) is 1.82. The number of nitrogens with zero attached hydrogens (tertiary/aromatic N) is 1. The lowest BCUT2D eigenvalue weighted by Gasteiger charge is -1.96. The van der Waals surface area contributed by atoms with Gasteiger partial charge in [-0.2, -0.15) is 0 Å². The van der Waals surface area contributed by atoms with Crippen LogP contribution in [0.4, 0.5) is 0 Å². The number of oxime groups is 1. The predicted octanol–water partition coefficient (Wildman–Crippen LogP) is 3.50. The molecule has 0 aromatic carbocycles. The second-order valence-corrected chi connectivity index (χ2v) is 4.41. The molecule has 0 aliphatic carbocycles. The number of hydrogen-bond acceptors (Lipinski definition) is 3. The van der Waals surface area contributed by atoms with Crippen molar-refractivity contribution in [3.63, 3.8) is 0 Å². The van der Waals surface area contributed by atoms with Crippen molar-refractivity contribution < 1.29 is 10.0 Å². The summed E-state index contributed by atoms with van der Waals surface area (Å²) in [5, 5.41) is 10.8. The first-order chi connectivity index (χ1) is 7.04. The maximum absolute atomic E-state index is 9.71. The zero-order valence-electron chi connectivity index (χ0n) is 10.4. The van der Waals surface area contributed by atoms with Crippen LogP contribution >= 0.6 is 0 Å². The fourth-order valence-corrected chi connectivity index (χ4v) is 0.867. The second-order valence-electron chi connectivity index (χ2n) is 4.41. The van der Waals surface area contributed by atoms with E-state index in [1.807, 2.05) is 0 Å². The first-order valence-corrected chi connectivity index (χ1v) is 5.64. The van der Waals surface area contributed by atoms with Gasteiger partial charge in [0.05, 0.1) is 0 Å². The van der Waals surface area contributed by atoms with Crippen molar-refractivity contribution in [2.75, 3.05) is 0 Å². The minimum Gasteiger partial charge on any atom is -0.411 e. The molecule has 0 amide bonds. The lowest BCUT2D eigenvalue weighted by molar-refractivity contribution is -0.108. The molecule has 0 atom stereocenters. The Morgan fingerprint density at radius 3 is 1.80 bits per heavy atom. The van der Waals surface area contributed by atoms with Gasteiger partial charge in [-0.05, 0) is 31.1 Å². The zero-order chi connectivity index (χ0) is 12.1. The Kier molecular flexibility index (Phi) is 14.5. The number of carbonyl (C=O) groups excluding carboxylic acids is 1. The smallest absolute Gasteiger partial charge is 0.120 e. The average Bonchev–Trinajstić information content (AvgIpc) is 2.15. The van der Waals surface area contributed by atoms with Crippen LogP contribution < -0.4 is 0 Å². The van der Waals surface area contributed by atoms with Crippen LogP contribution in [0.5, 0.6) is 0 Å². The van der Waals surface area contributed by atoms with Gasteiger partial charge >= 0.3 is 0 Å². The fraction of sp³-hybridized carbons (Fsp3) is 0.833. The summed E-state index contributed by atoms with van der Waals surface area (Å²) in [6, 6.07) is 0. The Bertz CT molecular complexity index is 154. The van der Waals surface area contributed by atoms with Crippen molar-refractivity contribution in [2.24, 2.45) is 17.0 Å². The summed E-state index contributed by atoms with van der Waals surface area (Å²) < 4.78 is 0. The Labute approximate surface area is 93.6 Å². The Balaban J connectivity index is 0. The first kappa shape index (κ1) is 16.6. The fourth-order valence-electron chi connectivity index (χ4n) is 0.867. The number of aldehydes is 1. The maximum Gasteiger partial charge on any atom is 0.120 e. The molecule has 3 nitrogen and oxygen atoms in total. The summed E-state index contributed by atoms with van der Waals surface area (Å²) in [4.78, 5) is 9.71. The molecule has 0 unspecified atom stereocenters. The van der Waals surface area contributed by atoms with Gasteiger partial charge in [0.2, 0.25) is 0 Å². The van der Waals surface area contributed by atoms with E-state index in [1.165, 1.54) is 6.21 Å². The minimum atomic E-state index is 0.671. The Morgan fingerprint density at radius 1 is 1.07 bits per heavy atom. The third-order valence-electron chi connectivity index (χ3n) is 1.82. The van der Waals surface area contributed by atoms with Gasteiger partial charge in [-0.15, -0.1) is 5.16 Å². The molecule has 0 rings (SSSR count). The van der Waals surface area contributed by atoms with Crippen molar-refractivity contribution >= 4 is 12.5 Å². The van der Waals surface area contributed by atoms with Crippen LogP contribution in [0.3, 0.4) is 0 Å². The van der Waals surface area contributed by atoms with Crippen molar-refractivity contribution in [3.05, 3.63) is 0 Å². The van der Waals surface area contributed by atoms with E-state index in [0.717, 1.165) is 32.0 Å². The molecule has 0 radical (unpaired) electrons. The lowest BCUT2D eigenvalue weighted by atomic mass is 10.1. The third kappa shape index (κ3) is 24.6. The van der Waals surface area contributed by atoms with Crippen LogP contribution in [0, 0.1) is 11.8 Å². The quantitative estimate of drug-likeness (QED) is 0.319. The number of hydrogen-bond donors (Lipinski definition) is 1. The van der Waals surface area contributed by atoms with Crippen LogP contribution in [0.15, 0.2) is 5.16 Å². The normalized spacial score (nSPS) is 10.5. The lowest BCUT2D eigenvalue weighted by Crippen LogP contribution is -1.86. The molecule has 0 fully saturated rings. The molecule has 0 aromatic rings. The molecule has 0 aliphatic rings. The van der Waals surface area contributed by atoms with Gasteiger partial charge in [-0.3, -0.25) is 0 Å². The molecule has 0 saturated heterocycles. The number of rotatable bonds is 6. The summed E-state index contributed by atoms with van der Waals surface area (Å²) >= 11 is 0. The highest BCUT2D eigenvalue weighted by Crippen LogP contribution is 2.00. The van der Waals surface area contributed by atoms with Gasteiger partial charge in [-0.25, -0.2) is 0 Å². The van der Waals surface area contributed by atoms with E-state index < -0.39 is 0 Å². The van der Waals surface area contributed by atoms with Crippen LogP contribution in [-0.4, -0.2) is 17.7 Å². The van der Waals surface area contributed by atoms with Crippen LogP contribution in [-0.2, 0) is 4.79 Å². The highest BCUT2D eigenvalue weighted by atomic mass is 16.4. The summed E-state index contributed by atoms with van der Waals surface area (Å²) in [7, 11) is 0. The van der Waals surface area contributed by atoms with Gasteiger partial charge in [0, 0.05) is 12.6 Å². The molecule has 1 N–H and O–H groups in total. The molecule has 0 saturated carbocycles. The molecule has 90 valence electrons. The highest BCUT2D eigenvalue weighted by Gasteiger charge is 1.89. The standard InChI is InChI=1S/C6H13NO.C6H12O/c1-6(2)4-3-5-7-8;1-6(2)4-3-5-7/h5-6,8H,3-4H2,1-2H3;5-6H,3-4H2,1-2H3/b7-5+;. The van der Waals surface area contributed by atoms with E-state index in [4.69, 9.17) is 5.21 Å². The maximum atomic E-state index is 9.71. The molecular formula is C12H25NO2. The molecular weight excluding hydrogens is 190 g/mol. The van der Waals surface area contributed by atoms with E-state index >= 15 is 0 Å². The monoisotopic (exact) mass is 215 g/mol. The summed E-state index contributed by atoms with van der Waals surface area (Å²) in [6.07, 6.45) is 6.24. The van der Waals surface area contributed by atoms with Crippen molar-refractivity contribution in [3.8, 4) is 0 Å². The zero-order valence-corrected chi connectivity index (χ0v) is 10.4. The van der Waals surface area contributed by atoms with Gasteiger partial charge in [0.1, 0.15) is 6.29 Å². The topological polar surface area (TPSA) is 49.7 Å². The van der Waals surface area contributed by atoms with E-state index in [1.54, 1.807) is 0 Å². The molecule has 0 aromatic heterocycles. The van der Waals surface area contributed by atoms with Gasteiger partial charge < -0.3 is 10.0 Å².